The van der Waals surface area contributed by atoms with E-state index in [-0.39, 0.29) is 5.41 Å². The molecule has 1 saturated heterocycles. The van der Waals surface area contributed by atoms with Crippen molar-refractivity contribution in [2.75, 3.05) is 0 Å². The molecular weight excluding hydrogens is 262 g/mol. The van der Waals surface area contributed by atoms with E-state index >= 15 is 0 Å². The summed E-state index contributed by atoms with van der Waals surface area (Å²) in [7, 11) is 0. The molecule has 0 amide bonds. The van der Waals surface area contributed by atoms with Crippen LogP contribution in [0.2, 0.25) is 0 Å². The van der Waals surface area contributed by atoms with Crippen molar-refractivity contribution in [2.24, 2.45) is 0 Å². The van der Waals surface area contributed by atoms with E-state index in [1.807, 2.05) is 0 Å². The molecule has 2 aliphatic rings. The molecule has 4 nitrogen and oxygen atoms in total. The Bertz CT molecular complexity index is 640. The topological polar surface area (TPSA) is 42.2 Å². The van der Waals surface area contributed by atoms with Gasteiger partial charge in [0.25, 0.3) is 0 Å². The average Bonchev–Trinajstić information content (AvgIpc) is 3.13. The zero-order chi connectivity index (χ0) is 14.6. The van der Waals surface area contributed by atoms with Crippen molar-refractivity contribution in [3.63, 3.8) is 0 Å². The fraction of sp³-hybridized carbons (Fsp3) is 0.529. The normalized spacial score (nSPS) is 24.5. The molecule has 1 fully saturated rings. The summed E-state index contributed by atoms with van der Waals surface area (Å²) >= 11 is 0. The van der Waals surface area contributed by atoms with Gasteiger partial charge in [-0.1, -0.05) is 50.2 Å². The molecule has 0 spiro atoms. The Morgan fingerprint density at radius 3 is 2.29 bits per heavy atom. The number of aromatic nitrogens is 2. The van der Waals surface area contributed by atoms with Crippen LogP contribution in [0.5, 0.6) is 0 Å². The monoisotopic (exact) mass is 283 g/mol. The predicted octanol–water partition coefficient (Wildman–Crippen LogP) is 3.76. The third kappa shape index (κ3) is 2.01. The standard InChI is InChI=1S/C17H21N3O/c1-17(2,3)16-18-15(19-21-16)10-20-13-8-9-14(20)12-7-5-4-6-11(12)13/h4-7,13-14H,8-10H2,1-3H3. The Hall–Kier alpha value is -1.68. The minimum Gasteiger partial charge on any atom is -0.339 e. The fourth-order valence-corrected chi connectivity index (χ4v) is 3.66. The molecule has 2 unspecified atom stereocenters. The quantitative estimate of drug-likeness (QED) is 0.841. The smallest absolute Gasteiger partial charge is 0.232 e. The summed E-state index contributed by atoms with van der Waals surface area (Å²) in [6.07, 6.45) is 2.48. The van der Waals surface area contributed by atoms with Crippen LogP contribution in [0, 0.1) is 0 Å². The maximum absolute atomic E-state index is 5.42. The maximum atomic E-state index is 5.42. The molecule has 0 N–H and O–H groups in total. The molecule has 1 aromatic heterocycles. The minimum absolute atomic E-state index is 0.0851. The Labute approximate surface area is 125 Å². The van der Waals surface area contributed by atoms with Gasteiger partial charge in [0, 0.05) is 17.5 Å². The summed E-state index contributed by atoms with van der Waals surface area (Å²) in [5, 5.41) is 4.18. The van der Waals surface area contributed by atoms with Gasteiger partial charge in [-0.3, -0.25) is 4.90 Å². The Balaban J connectivity index is 1.59. The molecule has 1 aromatic carbocycles. The lowest BCUT2D eigenvalue weighted by Gasteiger charge is -2.19. The van der Waals surface area contributed by atoms with E-state index in [1.165, 1.54) is 24.0 Å². The SMILES string of the molecule is CC(C)(C)c1nc(CN2C3CCC2c2ccccc23)no1. The third-order valence-electron chi connectivity index (χ3n) is 4.66. The van der Waals surface area contributed by atoms with E-state index in [9.17, 15) is 0 Å². The number of rotatable bonds is 2. The van der Waals surface area contributed by atoms with Crippen molar-refractivity contribution in [3.05, 3.63) is 47.1 Å². The van der Waals surface area contributed by atoms with Gasteiger partial charge in [0.05, 0.1) is 6.54 Å². The Morgan fingerprint density at radius 2 is 1.76 bits per heavy atom. The van der Waals surface area contributed by atoms with Gasteiger partial charge >= 0.3 is 0 Å². The average molecular weight is 283 g/mol. The zero-order valence-electron chi connectivity index (χ0n) is 12.8. The van der Waals surface area contributed by atoms with Crippen molar-refractivity contribution in [1.29, 1.82) is 0 Å². The van der Waals surface area contributed by atoms with Crippen LogP contribution in [-0.4, -0.2) is 15.0 Å². The number of benzene rings is 1. The van der Waals surface area contributed by atoms with Gasteiger partial charge in [0.2, 0.25) is 5.89 Å². The highest BCUT2D eigenvalue weighted by molar-refractivity contribution is 5.39. The predicted molar refractivity (Wildman–Crippen MR) is 79.7 cm³/mol. The van der Waals surface area contributed by atoms with Crippen LogP contribution < -0.4 is 0 Å². The molecule has 110 valence electrons. The van der Waals surface area contributed by atoms with E-state index in [4.69, 9.17) is 4.52 Å². The molecule has 4 heteroatoms. The molecule has 2 aromatic rings. The van der Waals surface area contributed by atoms with Crippen LogP contribution in [0.15, 0.2) is 28.8 Å². The summed E-state index contributed by atoms with van der Waals surface area (Å²) in [6.45, 7) is 7.07. The first-order chi connectivity index (χ1) is 10.0. The van der Waals surface area contributed by atoms with Gasteiger partial charge in [-0.2, -0.15) is 4.98 Å². The van der Waals surface area contributed by atoms with E-state index in [1.54, 1.807) is 0 Å². The molecule has 3 heterocycles. The third-order valence-corrected chi connectivity index (χ3v) is 4.66. The summed E-state index contributed by atoms with van der Waals surface area (Å²) in [5.74, 6) is 1.53. The lowest BCUT2D eigenvalue weighted by molar-refractivity contribution is 0.205. The number of fused-ring (bicyclic) bond motifs is 5. The van der Waals surface area contributed by atoms with Crippen molar-refractivity contribution >= 4 is 0 Å². The molecule has 21 heavy (non-hydrogen) atoms. The summed E-state index contributed by atoms with van der Waals surface area (Å²) in [6, 6.07) is 9.88. The lowest BCUT2D eigenvalue weighted by atomic mass is 9.92. The summed E-state index contributed by atoms with van der Waals surface area (Å²) < 4.78 is 5.42. The first kappa shape index (κ1) is 13.0. The van der Waals surface area contributed by atoms with Crippen molar-refractivity contribution < 1.29 is 4.52 Å². The highest BCUT2D eigenvalue weighted by Crippen LogP contribution is 2.53. The molecule has 4 rings (SSSR count). The van der Waals surface area contributed by atoms with Gasteiger partial charge < -0.3 is 4.52 Å². The minimum atomic E-state index is -0.0851. The second kappa shape index (κ2) is 4.41. The maximum Gasteiger partial charge on any atom is 0.232 e. The van der Waals surface area contributed by atoms with Crippen molar-refractivity contribution in [3.8, 4) is 0 Å². The molecule has 0 saturated carbocycles. The van der Waals surface area contributed by atoms with Crippen LogP contribution in [0.3, 0.4) is 0 Å². The van der Waals surface area contributed by atoms with Crippen molar-refractivity contribution in [1.82, 2.24) is 15.0 Å². The van der Waals surface area contributed by atoms with Crippen LogP contribution in [-0.2, 0) is 12.0 Å². The van der Waals surface area contributed by atoms with Gasteiger partial charge in [-0.05, 0) is 24.0 Å². The van der Waals surface area contributed by atoms with E-state index in [0.29, 0.717) is 12.1 Å². The van der Waals surface area contributed by atoms with Crippen LogP contribution in [0.1, 0.15) is 68.5 Å². The number of hydrogen-bond donors (Lipinski definition) is 0. The van der Waals surface area contributed by atoms with Crippen LogP contribution in [0.25, 0.3) is 0 Å². The highest BCUT2D eigenvalue weighted by Gasteiger charge is 2.43. The van der Waals surface area contributed by atoms with E-state index in [2.05, 4.69) is 60.1 Å². The molecule has 2 atom stereocenters. The first-order valence-corrected chi connectivity index (χ1v) is 7.71. The first-order valence-electron chi connectivity index (χ1n) is 7.71. The second-order valence-corrected chi connectivity index (χ2v) is 7.18. The van der Waals surface area contributed by atoms with E-state index in [0.717, 1.165) is 18.3 Å². The van der Waals surface area contributed by atoms with Gasteiger partial charge in [0.1, 0.15) is 0 Å². The van der Waals surface area contributed by atoms with Crippen LogP contribution >= 0.6 is 0 Å². The van der Waals surface area contributed by atoms with Gasteiger partial charge in [0.15, 0.2) is 5.82 Å². The number of nitrogens with zero attached hydrogens (tertiary/aromatic N) is 3. The molecular formula is C17H21N3O. The molecule has 2 bridgehead atoms. The molecule has 0 radical (unpaired) electrons. The highest BCUT2D eigenvalue weighted by atomic mass is 16.5. The Kier molecular flexibility index (Phi) is 2.73. The van der Waals surface area contributed by atoms with Gasteiger partial charge in [-0.25, -0.2) is 0 Å². The lowest BCUT2D eigenvalue weighted by Crippen LogP contribution is -2.20. The Morgan fingerprint density at radius 1 is 1.14 bits per heavy atom. The summed E-state index contributed by atoms with van der Waals surface area (Å²) in [4.78, 5) is 7.11. The molecule has 0 aliphatic carbocycles. The fourth-order valence-electron chi connectivity index (χ4n) is 3.66. The second-order valence-electron chi connectivity index (χ2n) is 7.18. The zero-order valence-corrected chi connectivity index (χ0v) is 12.8. The van der Waals surface area contributed by atoms with Crippen molar-refractivity contribution in [2.45, 2.75) is 57.7 Å². The van der Waals surface area contributed by atoms with E-state index < -0.39 is 0 Å². The number of hydrogen-bond acceptors (Lipinski definition) is 4. The largest absolute Gasteiger partial charge is 0.339 e. The molecule has 2 aliphatic heterocycles. The summed E-state index contributed by atoms with van der Waals surface area (Å²) in [5.41, 5.74) is 2.90. The van der Waals surface area contributed by atoms with Crippen LogP contribution in [0.4, 0.5) is 0 Å². The van der Waals surface area contributed by atoms with Gasteiger partial charge in [-0.15, -0.1) is 0 Å².